The highest BCUT2D eigenvalue weighted by Gasteiger charge is 2.53. The first-order valence-electron chi connectivity index (χ1n) is 23.3. The van der Waals surface area contributed by atoms with Gasteiger partial charge in [-0.2, -0.15) is 0 Å². The number of thiophene rings is 1. The summed E-state index contributed by atoms with van der Waals surface area (Å²) in [5, 5.41) is 3.63. The second kappa shape index (κ2) is 12.6. The van der Waals surface area contributed by atoms with Crippen LogP contribution in [0.3, 0.4) is 0 Å². The molecule has 0 spiro atoms. The number of nitrogens with zero attached hydrogens (tertiary/aromatic N) is 2. The van der Waals surface area contributed by atoms with E-state index in [-0.39, 0.29) is 28.5 Å². The first-order chi connectivity index (χ1) is 30.6. The molecular weight excluding hydrogens is 796 g/mol. The van der Waals surface area contributed by atoms with E-state index < -0.39 is 0 Å². The van der Waals surface area contributed by atoms with Crippen LogP contribution < -0.4 is 20.0 Å². The highest BCUT2D eigenvalue weighted by atomic mass is 32.1. The molecule has 9 aromatic rings. The van der Waals surface area contributed by atoms with Crippen molar-refractivity contribution in [3.63, 3.8) is 0 Å². The van der Waals surface area contributed by atoms with E-state index in [1.54, 1.807) is 0 Å². The van der Waals surface area contributed by atoms with E-state index >= 15 is 0 Å². The Balaban J connectivity index is 1.25. The molecule has 5 heterocycles. The molecule has 3 nitrogen and oxygen atoms in total. The SMILES string of the molecule is CC(C)(C)c1ccc(N2c3c(sc4cc5c(cc34)C(C)(C)CCC5(C)C)B3c4c(cc5c(oc6ccccc65)c42)-c2cccc4c2N3c2ccccc2C4(C)C)c(-c2ccccc2)c1. The number of furan rings is 1. The molecule has 0 amide bonds. The van der Waals surface area contributed by atoms with Crippen molar-refractivity contribution in [1.82, 2.24) is 0 Å². The number of benzene rings is 7. The second-order valence-corrected chi connectivity index (χ2v) is 23.0. The van der Waals surface area contributed by atoms with E-state index in [1.807, 2.05) is 11.3 Å². The van der Waals surface area contributed by atoms with Gasteiger partial charge in [-0.25, -0.2) is 0 Å². The first-order valence-corrected chi connectivity index (χ1v) is 24.1. The maximum Gasteiger partial charge on any atom is 0.343 e. The molecule has 0 fully saturated rings. The maximum absolute atomic E-state index is 7.29. The number of rotatable bonds is 2. The molecule has 0 atom stereocenters. The lowest BCUT2D eigenvalue weighted by molar-refractivity contribution is 0.332. The van der Waals surface area contributed by atoms with Gasteiger partial charge in [-0.05, 0) is 116 Å². The van der Waals surface area contributed by atoms with Crippen LogP contribution in [0.15, 0.2) is 138 Å². The van der Waals surface area contributed by atoms with Crippen molar-refractivity contribution in [2.45, 2.75) is 96.8 Å². The molecule has 13 rings (SSSR count). The molecule has 5 heteroatoms. The summed E-state index contributed by atoms with van der Waals surface area (Å²) in [5.41, 5.74) is 21.3. The summed E-state index contributed by atoms with van der Waals surface area (Å²) in [6.45, 7) is 21.6. The van der Waals surface area contributed by atoms with Crippen LogP contribution in [0.25, 0.3) is 54.3 Å². The number of anilines is 5. The predicted molar refractivity (Wildman–Crippen MR) is 274 cm³/mol. The van der Waals surface area contributed by atoms with Crippen molar-refractivity contribution in [2.75, 3.05) is 9.71 Å². The monoisotopic (exact) mass is 848 g/mol. The van der Waals surface area contributed by atoms with E-state index in [9.17, 15) is 0 Å². The van der Waals surface area contributed by atoms with Gasteiger partial charge < -0.3 is 14.1 Å². The number of hydrogen-bond donors (Lipinski definition) is 0. The Bertz CT molecular complexity index is 3490. The summed E-state index contributed by atoms with van der Waals surface area (Å²) in [5.74, 6) is 0. The zero-order chi connectivity index (χ0) is 43.8. The minimum atomic E-state index is -0.190. The summed E-state index contributed by atoms with van der Waals surface area (Å²) >= 11 is 2.01. The van der Waals surface area contributed by atoms with E-state index in [0.29, 0.717) is 0 Å². The van der Waals surface area contributed by atoms with Crippen LogP contribution in [0, 0.1) is 0 Å². The smallest absolute Gasteiger partial charge is 0.343 e. The van der Waals surface area contributed by atoms with Gasteiger partial charge in [0.25, 0.3) is 0 Å². The highest BCUT2D eigenvalue weighted by molar-refractivity contribution is 7.32. The largest absolute Gasteiger partial charge is 0.454 e. The molecule has 2 aromatic heterocycles. The Morgan fingerprint density at radius 1 is 0.562 bits per heavy atom. The van der Waals surface area contributed by atoms with Crippen LogP contribution in [-0.2, 0) is 21.7 Å². The van der Waals surface area contributed by atoms with Crippen molar-refractivity contribution in [3.8, 4) is 22.3 Å². The third kappa shape index (κ3) is 5.00. The standard InChI is InChI=1S/C59H53BN2OS/c1-56(2,3)35-26-27-46(38(30-35)34-18-11-10-12-19-34)61-52-41-32-44-45(58(6,7)29-28-57(44,4)5)33-49(41)64-55(52)60-50-39(31-40-36-20-13-16-25-48(36)63-54(40)53(50)61)37-21-17-23-43-51(37)62(60)47-24-15-14-22-42(47)59(43,8)9/h10-27,30-33H,28-29H2,1-9H3. The van der Waals surface area contributed by atoms with Gasteiger partial charge in [0.15, 0.2) is 5.58 Å². The Morgan fingerprint density at radius 2 is 1.27 bits per heavy atom. The molecule has 0 saturated heterocycles. The summed E-state index contributed by atoms with van der Waals surface area (Å²) in [7, 11) is 0. The lowest BCUT2D eigenvalue weighted by Crippen LogP contribution is -2.62. The van der Waals surface area contributed by atoms with Gasteiger partial charge >= 0.3 is 6.85 Å². The molecule has 7 aromatic carbocycles. The summed E-state index contributed by atoms with van der Waals surface area (Å²) in [6, 6.07) is 51.0. The average Bonchev–Trinajstić information content (AvgIpc) is 3.85. The van der Waals surface area contributed by atoms with E-state index in [2.05, 4.69) is 205 Å². The van der Waals surface area contributed by atoms with Crippen LogP contribution in [0.5, 0.6) is 0 Å². The Morgan fingerprint density at radius 3 is 2.05 bits per heavy atom. The van der Waals surface area contributed by atoms with Gasteiger partial charge in [0.05, 0.1) is 17.1 Å². The molecule has 0 radical (unpaired) electrons. The average molecular weight is 849 g/mol. The van der Waals surface area contributed by atoms with Gasteiger partial charge in [0.2, 0.25) is 0 Å². The number of hydrogen-bond acceptors (Lipinski definition) is 4. The predicted octanol–water partition coefficient (Wildman–Crippen LogP) is 15.5. The topological polar surface area (TPSA) is 19.6 Å². The van der Waals surface area contributed by atoms with Gasteiger partial charge in [-0.15, -0.1) is 11.3 Å². The van der Waals surface area contributed by atoms with Gasteiger partial charge in [-0.3, -0.25) is 0 Å². The molecule has 314 valence electrons. The van der Waals surface area contributed by atoms with Crippen molar-refractivity contribution in [2.24, 2.45) is 0 Å². The van der Waals surface area contributed by atoms with Crippen LogP contribution in [0.2, 0.25) is 0 Å². The van der Waals surface area contributed by atoms with Crippen molar-refractivity contribution < 1.29 is 4.42 Å². The molecular formula is C59H53BN2OS. The molecule has 1 aliphatic carbocycles. The van der Waals surface area contributed by atoms with Crippen molar-refractivity contribution in [1.29, 1.82) is 0 Å². The van der Waals surface area contributed by atoms with Crippen molar-refractivity contribution >= 4 is 88.9 Å². The van der Waals surface area contributed by atoms with Crippen LogP contribution >= 0.6 is 11.3 Å². The van der Waals surface area contributed by atoms with Crippen LogP contribution in [0.4, 0.5) is 28.4 Å². The normalized spacial score (nSPS) is 17.3. The quantitative estimate of drug-likeness (QED) is 0.162. The van der Waals surface area contributed by atoms with Crippen LogP contribution in [-0.4, -0.2) is 6.85 Å². The lowest BCUT2D eigenvalue weighted by Gasteiger charge is -2.50. The lowest BCUT2D eigenvalue weighted by atomic mass is 9.45. The summed E-state index contributed by atoms with van der Waals surface area (Å²) in [4.78, 5) is 5.41. The molecule has 0 saturated carbocycles. The Hall–Kier alpha value is -6.04. The van der Waals surface area contributed by atoms with E-state index in [4.69, 9.17) is 4.42 Å². The first kappa shape index (κ1) is 38.4. The van der Waals surface area contributed by atoms with Gasteiger partial charge in [0, 0.05) is 53.6 Å². The zero-order valence-corrected chi connectivity index (χ0v) is 39.2. The molecule has 3 aliphatic heterocycles. The molecule has 4 aliphatic rings. The number of fused-ring (bicyclic) bond motifs is 13. The Kier molecular flexibility index (Phi) is 7.57. The van der Waals surface area contributed by atoms with E-state index in [0.717, 1.165) is 34.0 Å². The van der Waals surface area contributed by atoms with Gasteiger partial charge in [-0.1, -0.05) is 153 Å². The van der Waals surface area contributed by atoms with Gasteiger partial charge in [0.1, 0.15) is 5.58 Å². The molecule has 0 N–H and O–H groups in total. The Labute approximate surface area is 381 Å². The fourth-order valence-corrected chi connectivity index (χ4v) is 13.5. The van der Waals surface area contributed by atoms with Crippen molar-refractivity contribution in [3.05, 3.63) is 161 Å². The summed E-state index contributed by atoms with van der Waals surface area (Å²) < 4.78 is 10.0. The summed E-state index contributed by atoms with van der Waals surface area (Å²) in [6.07, 6.45) is 2.34. The fraction of sp³-hybridized carbons (Fsp3) is 0.254. The second-order valence-electron chi connectivity index (χ2n) is 21.9. The minimum Gasteiger partial charge on any atom is -0.454 e. The minimum absolute atomic E-state index is 0.0402. The molecule has 64 heavy (non-hydrogen) atoms. The third-order valence-electron chi connectivity index (χ3n) is 15.8. The zero-order valence-electron chi connectivity index (χ0n) is 38.4. The molecule has 0 unspecified atom stereocenters. The third-order valence-corrected chi connectivity index (χ3v) is 17.0. The van der Waals surface area contributed by atoms with Crippen LogP contribution in [0.1, 0.15) is 103 Å². The highest BCUT2D eigenvalue weighted by Crippen LogP contribution is 2.60. The van der Waals surface area contributed by atoms with E-state index in [1.165, 1.54) is 99.6 Å². The fourth-order valence-electron chi connectivity index (χ4n) is 12.2. The number of para-hydroxylation sites is 3. The molecule has 0 bridgehead atoms. The maximum atomic E-state index is 7.29.